The number of ether oxygens (including phenoxy) is 1. The highest BCUT2D eigenvalue weighted by Gasteiger charge is 2.19. The summed E-state index contributed by atoms with van der Waals surface area (Å²) < 4.78 is 33.1. The molecule has 1 aromatic carbocycles. The van der Waals surface area contributed by atoms with Gasteiger partial charge in [0.15, 0.2) is 5.03 Å². The summed E-state index contributed by atoms with van der Waals surface area (Å²) in [6.07, 6.45) is 2.52. The molecule has 7 heteroatoms. The fourth-order valence-corrected chi connectivity index (χ4v) is 3.46. The number of rotatable bonds is 6. The normalized spacial score (nSPS) is 17.8. The van der Waals surface area contributed by atoms with Crippen LogP contribution in [0.2, 0.25) is 0 Å². The van der Waals surface area contributed by atoms with E-state index in [9.17, 15) is 8.42 Å². The summed E-state index contributed by atoms with van der Waals surface area (Å²) in [7, 11) is -3.73. The van der Waals surface area contributed by atoms with Gasteiger partial charge in [0.1, 0.15) is 5.75 Å². The van der Waals surface area contributed by atoms with E-state index >= 15 is 0 Å². The van der Waals surface area contributed by atoms with Crippen molar-refractivity contribution in [1.82, 2.24) is 10.3 Å². The Morgan fingerprint density at radius 1 is 1.22 bits per heavy atom. The van der Waals surface area contributed by atoms with E-state index in [1.807, 2.05) is 6.07 Å². The Hall–Kier alpha value is -2.12. The quantitative estimate of drug-likeness (QED) is 0.843. The molecule has 1 fully saturated rings. The molecule has 1 atom stereocenters. The second-order valence-electron chi connectivity index (χ2n) is 5.44. The summed E-state index contributed by atoms with van der Waals surface area (Å²) in [5.74, 6) is 0.981. The number of aromatic nitrogens is 1. The molecule has 3 rings (SSSR count). The molecule has 2 N–H and O–H groups in total. The van der Waals surface area contributed by atoms with Crippen molar-refractivity contribution < 1.29 is 13.2 Å². The van der Waals surface area contributed by atoms with Crippen molar-refractivity contribution in [2.45, 2.75) is 11.4 Å². The fraction of sp³-hybridized carbons (Fsp3) is 0.312. The molecular formula is C16H19N3O3S. The molecule has 2 heterocycles. The van der Waals surface area contributed by atoms with Crippen LogP contribution >= 0.6 is 0 Å². The van der Waals surface area contributed by atoms with Gasteiger partial charge in [0, 0.05) is 18.7 Å². The average molecular weight is 333 g/mol. The average Bonchev–Trinajstić information content (AvgIpc) is 3.08. The van der Waals surface area contributed by atoms with E-state index < -0.39 is 10.0 Å². The number of nitrogens with zero attached hydrogens (tertiary/aromatic N) is 1. The van der Waals surface area contributed by atoms with Gasteiger partial charge in [-0.2, -0.15) is 8.42 Å². The topological polar surface area (TPSA) is 80.3 Å². The highest BCUT2D eigenvalue weighted by molar-refractivity contribution is 7.92. The number of pyridine rings is 1. The smallest absolute Gasteiger partial charge is 0.279 e. The van der Waals surface area contributed by atoms with Gasteiger partial charge in [0.05, 0.1) is 12.3 Å². The van der Waals surface area contributed by atoms with Gasteiger partial charge in [-0.05, 0) is 37.2 Å². The number of hydrogen-bond acceptors (Lipinski definition) is 5. The van der Waals surface area contributed by atoms with Gasteiger partial charge < -0.3 is 10.1 Å². The molecule has 1 saturated heterocycles. The lowest BCUT2D eigenvalue weighted by Gasteiger charge is -2.15. The minimum atomic E-state index is -3.73. The van der Waals surface area contributed by atoms with Crippen LogP contribution < -0.4 is 14.8 Å². The Labute approximate surface area is 136 Å². The lowest BCUT2D eigenvalue weighted by Crippen LogP contribution is -2.18. The van der Waals surface area contributed by atoms with E-state index in [2.05, 4.69) is 15.0 Å². The lowest BCUT2D eigenvalue weighted by molar-refractivity contribution is 0.261. The number of para-hydroxylation sites is 2. The molecule has 122 valence electrons. The van der Waals surface area contributed by atoms with Crippen LogP contribution in [0.4, 0.5) is 5.69 Å². The second kappa shape index (κ2) is 6.97. The number of sulfonamides is 1. The first-order chi connectivity index (χ1) is 11.1. The summed E-state index contributed by atoms with van der Waals surface area (Å²) in [5.41, 5.74) is 0.420. The van der Waals surface area contributed by atoms with E-state index in [1.165, 1.54) is 12.3 Å². The predicted molar refractivity (Wildman–Crippen MR) is 88.0 cm³/mol. The Morgan fingerprint density at radius 2 is 2.04 bits per heavy atom. The lowest BCUT2D eigenvalue weighted by atomic mass is 10.1. The summed E-state index contributed by atoms with van der Waals surface area (Å²) in [5, 5.41) is 3.26. The van der Waals surface area contributed by atoms with Crippen LogP contribution in [0.3, 0.4) is 0 Å². The molecule has 0 radical (unpaired) electrons. The maximum atomic E-state index is 12.4. The third-order valence-electron chi connectivity index (χ3n) is 3.68. The number of anilines is 1. The zero-order valence-electron chi connectivity index (χ0n) is 12.6. The largest absolute Gasteiger partial charge is 0.491 e. The van der Waals surface area contributed by atoms with E-state index in [1.54, 1.807) is 30.3 Å². The number of benzene rings is 1. The second-order valence-corrected chi connectivity index (χ2v) is 7.07. The Balaban J connectivity index is 1.75. The van der Waals surface area contributed by atoms with Crippen molar-refractivity contribution in [3.63, 3.8) is 0 Å². The van der Waals surface area contributed by atoms with E-state index in [4.69, 9.17) is 4.74 Å². The third kappa shape index (κ3) is 4.00. The minimum absolute atomic E-state index is 0.0187. The Kier molecular flexibility index (Phi) is 4.78. The van der Waals surface area contributed by atoms with Gasteiger partial charge in [-0.1, -0.05) is 18.2 Å². The Bertz CT molecular complexity index is 744. The van der Waals surface area contributed by atoms with Crippen molar-refractivity contribution in [2.24, 2.45) is 5.92 Å². The molecule has 1 aliphatic heterocycles. The van der Waals surface area contributed by atoms with Crippen LogP contribution in [0.5, 0.6) is 5.75 Å². The van der Waals surface area contributed by atoms with E-state index in [0.29, 0.717) is 24.0 Å². The molecule has 2 aromatic rings. The van der Waals surface area contributed by atoms with Crippen LogP contribution in [-0.4, -0.2) is 33.1 Å². The van der Waals surface area contributed by atoms with Crippen molar-refractivity contribution in [3.05, 3.63) is 48.7 Å². The van der Waals surface area contributed by atoms with Gasteiger partial charge in [0.2, 0.25) is 0 Å². The third-order valence-corrected chi connectivity index (χ3v) is 4.96. The molecule has 0 aliphatic carbocycles. The van der Waals surface area contributed by atoms with Gasteiger partial charge in [-0.3, -0.25) is 4.72 Å². The molecule has 0 spiro atoms. The highest BCUT2D eigenvalue weighted by Crippen LogP contribution is 2.27. The molecule has 0 saturated carbocycles. The van der Waals surface area contributed by atoms with Crippen molar-refractivity contribution in [1.29, 1.82) is 0 Å². The molecule has 0 unspecified atom stereocenters. The number of hydrogen-bond donors (Lipinski definition) is 2. The van der Waals surface area contributed by atoms with Crippen molar-refractivity contribution in [3.8, 4) is 5.75 Å². The maximum absolute atomic E-state index is 12.4. The summed E-state index contributed by atoms with van der Waals surface area (Å²) in [6, 6.07) is 11.8. The highest BCUT2D eigenvalue weighted by atomic mass is 32.2. The molecule has 0 bridgehead atoms. The van der Waals surface area contributed by atoms with Crippen molar-refractivity contribution >= 4 is 15.7 Å². The van der Waals surface area contributed by atoms with Crippen molar-refractivity contribution in [2.75, 3.05) is 24.4 Å². The summed E-state index contributed by atoms with van der Waals surface area (Å²) in [6.45, 7) is 2.50. The molecule has 0 amide bonds. The van der Waals surface area contributed by atoms with E-state index in [-0.39, 0.29) is 5.03 Å². The summed E-state index contributed by atoms with van der Waals surface area (Å²) in [4.78, 5) is 3.89. The first-order valence-electron chi connectivity index (χ1n) is 7.51. The standard InChI is InChI=1S/C16H19N3O3S/c20-23(21,16-7-3-4-9-18-16)19-14-5-1-2-6-15(14)22-12-13-8-10-17-11-13/h1-7,9,13,17,19H,8,10-12H2/t13-/m1/s1. The molecule has 23 heavy (non-hydrogen) atoms. The van der Waals surface area contributed by atoms with Crippen LogP contribution in [-0.2, 0) is 10.0 Å². The Morgan fingerprint density at radius 3 is 2.78 bits per heavy atom. The SMILES string of the molecule is O=S(=O)(Nc1ccccc1OC[C@@H]1CCNC1)c1ccccn1. The molecule has 6 nitrogen and oxygen atoms in total. The monoisotopic (exact) mass is 333 g/mol. The molecule has 1 aromatic heterocycles. The van der Waals surface area contributed by atoms with Gasteiger partial charge in [-0.25, -0.2) is 4.98 Å². The summed E-state index contributed by atoms with van der Waals surface area (Å²) >= 11 is 0. The maximum Gasteiger partial charge on any atom is 0.279 e. The first kappa shape index (κ1) is 15.8. The first-order valence-corrected chi connectivity index (χ1v) is 9.00. The molecular weight excluding hydrogens is 314 g/mol. The minimum Gasteiger partial charge on any atom is -0.491 e. The van der Waals surface area contributed by atoms with Gasteiger partial charge >= 0.3 is 0 Å². The van der Waals surface area contributed by atoms with Gasteiger partial charge in [-0.15, -0.1) is 0 Å². The zero-order valence-corrected chi connectivity index (χ0v) is 13.4. The fourth-order valence-electron chi connectivity index (χ4n) is 2.44. The van der Waals surface area contributed by atoms with Crippen LogP contribution in [0, 0.1) is 5.92 Å². The van der Waals surface area contributed by atoms with Gasteiger partial charge in [0.25, 0.3) is 10.0 Å². The van der Waals surface area contributed by atoms with Crippen LogP contribution in [0.1, 0.15) is 6.42 Å². The predicted octanol–water partition coefficient (Wildman–Crippen LogP) is 1.87. The van der Waals surface area contributed by atoms with E-state index in [0.717, 1.165) is 19.5 Å². The van der Waals surface area contributed by atoms with Crippen LogP contribution in [0.25, 0.3) is 0 Å². The number of nitrogens with one attached hydrogen (secondary N) is 2. The molecule has 1 aliphatic rings. The zero-order chi connectivity index (χ0) is 16.1. The van der Waals surface area contributed by atoms with Crippen LogP contribution in [0.15, 0.2) is 53.7 Å².